The van der Waals surface area contributed by atoms with Crippen molar-refractivity contribution < 1.29 is 4.74 Å². The molecule has 0 radical (unpaired) electrons. The number of nitrogens with two attached hydrogens (primary N) is 1. The average molecular weight is 352 g/mol. The summed E-state index contributed by atoms with van der Waals surface area (Å²) in [7, 11) is 0. The number of nitrogens with zero attached hydrogens (tertiary/aromatic N) is 2. The molecule has 1 aromatic heterocycles. The molecule has 136 valence electrons. The molecule has 2 aromatic rings. The highest BCUT2D eigenvalue weighted by Gasteiger charge is 2.26. The Morgan fingerprint density at radius 3 is 2.65 bits per heavy atom. The Kier molecular flexibility index (Phi) is 5.18. The van der Waals surface area contributed by atoms with Crippen LogP contribution in [0, 0.1) is 10.8 Å². The van der Waals surface area contributed by atoms with Crippen LogP contribution < -0.4 is 5.73 Å². The van der Waals surface area contributed by atoms with Gasteiger partial charge < -0.3 is 25.8 Å². The van der Waals surface area contributed by atoms with Gasteiger partial charge in [-0.25, -0.2) is 4.99 Å². The van der Waals surface area contributed by atoms with Crippen LogP contribution in [-0.2, 0) is 4.74 Å². The summed E-state index contributed by atoms with van der Waals surface area (Å²) in [4.78, 5) is 9.94. The standard InChI is InChI=1S/C19H24N6O/c1-12-10-25(11-13(2)26-12)19(17-4-3-7-23-17)24-18(22)14-5-6-16(21)15(8-14)9-20/h3-9,12-13,20,22-23H,10-11,21H2,1-2H3/b20-9?,22-18?,24-19+. The summed E-state index contributed by atoms with van der Waals surface area (Å²) in [6, 6.07) is 9.03. The summed E-state index contributed by atoms with van der Waals surface area (Å²) in [5, 5.41) is 15.9. The number of benzene rings is 1. The number of rotatable bonds is 3. The molecular formula is C19H24N6O. The second-order valence-electron chi connectivity index (χ2n) is 6.52. The minimum atomic E-state index is 0.0918. The molecule has 2 unspecified atom stereocenters. The van der Waals surface area contributed by atoms with Gasteiger partial charge >= 0.3 is 0 Å². The third-order valence-electron chi connectivity index (χ3n) is 4.29. The molecule has 0 spiro atoms. The number of hydrogen-bond donors (Lipinski definition) is 4. The Morgan fingerprint density at radius 2 is 2.04 bits per heavy atom. The first-order chi connectivity index (χ1) is 12.5. The Bertz CT molecular complexity index is 817. The molecule has 1 fully saturated rings. The predicted molar refractivity (Wildman–Crippen MR) is 104 cm³/mol. The molecule has 1 aliphatic rings. The molecule has 1 saturated heterocycles. The third kappa shape index (κ3) is 3.83. The quantitative estimate of drug-likeness (QED) is 0.386. The highest BCUT2D eigenvalue weighted by atomic mass is 16.5. The summed E-state index contributed by atoms with van der Waals surface area (Å²) in [5.41, 5.74) is 8.42. The number of aromatic nitrogens is 1. The summed E-state index contributed by atoms with van der Waals surface area (Å²) in [5.74, 6) is 0.847. The number of aromatic amines is 1. The van der Waals surface area contributed by atoms with Crippen molar-refractivity contribution in [2.24, 2.45) is 4.99 Å². The van der Waals surface area contributed by atoms with Gasteiger partial charge in [-0.3, -0.25) is 5.41 Å². The lowest BCUT2D eigenvalue weighted by atomic mass is 10.1. The second-order valence-corrected chi connectivity index (χ2v) is 6.52. The topological polar surface area (TPSA) is 114 Å². The monoisotopic (exact) mass is 352 g/mol. The van der Waals surface area contributed by atoms with Crippen LogP contribution >= 0.6 is 0 Å². The number of ether oxygens (including phenoxy) is 1. The molecule has 2 atom stereocenters. The normalized spacial score (nSPS) is 20.8. The zero-order valence-electron chi connectivity index (χ0n) is 15.0. The first kappa shape index (κ1) is 17.9. The number of nitrogen functional groups attached to an aromatic ring is 1. The first-order valence-electron chi connectivity index (χ1n) is 8.59. The molecule has 1 aromatic carbocycles. The van der Waals surface area contributed by atoms with Crippen LogP contribution in [0.15, 0.2) is 41.5 Å². The maximum atomic E-state index is 8.45. The number of H-pyrrole nitrogens is 1. The van der Waals surface area contributed by atoms with Gasteiger partial charge in [0.05, 0.1) is 17.9 Å². The molecule has 0 amide bonds. The summed E-state index contributed by atoms with van der Waals surface area (Å²) in [6.07, 6.45) is 3.22. The van der Waals surface area contributed by atoms with Crippen molar-refractivity contribution >= 4 is 23.6 Å². The largest absolute Gasteiger partial charge is 0.398 e. The Morgan fingerprint density at radius 1 is 1.31 bits per heavy atom. The fourth-order valence-electron chi connectivity index (χ4n) is 3.14. The van der Waals surface area contributed by atoms with E-state index in [0.717, 1.165) is 11.5 Å². The highest BCUT2D eigenvalue weighted by Crippen LogP contribution is 2.17. The van der Waals surface area contributed by atoms with Crippen molar-refractivity contribution in [3.05, 3.63) is 53.3 Å². The van der Waals surface area contributed by atoms with E-state index < -0.39 is 0 Å². The van der Waals surface area contributed by atoms with Crippen LogP contribution in [0.5, 0.6) is 0 Å². The molecule has 2 heterocycles. The third-order valence-corrected chi connectivity index (χ3v) is 4.29. The van der Waals surface area contributed by atoms with Crippen molar-refractivity contribution in [2.75, 3.05) is 18.8 Å². The van der Waals surface area contributed by atoms with Crippen molar-refractivity contribution in [1.29, 1.82) is 10.8 Å². The minimum Gasteiger partial charge on any atom is -0.398 e. The van der Waals surface area contributed by atoms with Crippen LogP contribution in [0.4, 0.5) is 5.69 Å². The van der Waals surface area contributed by atoms with E-state index in [2.05, 4.69) is 14.9 Å². The van der Waals surface area contributed by atoms with Crippen LogP contribution in [0.2, 0.25) is 0 Å². The lowest BCUT2D eigenvalue weighted by molar-refractivity contribution is -0.0478. The number of amidine groups is 2. The molecule has 5 N–H and O–H groups in total. The minimum absolute atomic E-state index is 0.0918. The number of morpholine rings is 1. The molecule has 7 nitrogen and oxygen atoms in total. The Labute approximate surface area is 152 Å². The first-order valence-corrected chi connectivity index (χ1v) is 8.59. The van der Waals surface area contributed by atoms with E-state index in [1.165, 1.54) is 6.21 Å². The van der Waals surface area contributed by atoms with E-state index in [1.807, 2.05) is 32.2 Å². The summed E-state index contributed by atoms with van der Waals surface area (Å²) in [6.45, 7) is 5.50. The second kappa shape index (κ2) is 7.53. The molecule has 7 heteroatoms. The van der Waals surface area contributed by atoms with Crippen molar-refractivity contribution in [2.45, 2.75) is 26.1 Å². The van der Waals surface area contributed by atoms with Gasteiger partial charge in [0.25, 0.3) is 0 Å². The van der Waals surface area contributed by atoms with Gasteiger partial charge in [0, 0.05) is 42.3 Å². The fourth-order valence-corrected chi connectivity index (χ4v) is 3.14. The highest BCUT2D eigenvalue weighted by molar-refractivity contribution is 6.10. The van der Waals surface area contributed by atoms with Crippen molar-refractivity contribution in [3.63, 3.8) is 0 Å². The molecule has 0 bridgehead atoms. The van der Waals surface area contributed by atoms with E-state index >= 15 is 0 Å². The van der Waals surface area contributed by atoms with Crippen LogP contribution in [0.3, 0.4) is 0 Å². The average Bonchev–Trinajstić information content (AvgIpc) is 3.13. The molecule has 0 saturated carbocycles. The van der Waals surface area contributed by atoms with E-state index in [1.54, 1.807) is 18.2 Å². The molecule has 1 aliphatic heterocycles. The summed E-state index contributed by atoms with van der Waals surface area (Å²) < 4.78 is 5.82. The predicted octanol–water partition coefficient (Wildman–Crippen LogP) is 2.48. The van der Waals surface area contributed by atoms with Crippen LogP contribution in [-0.4, -0.2) is 53.1 Å². The van der Waals surface area contributed by atoms with Crippen LogP contribution in [0.1, 0.15) is 30.7 Å². The Balaban J connectivity index is 1.96. The van der Waals surface area contributed by atoms with Gasteiger partial charge in [0.15, 0.2) is 11.7 Å². The van der Waals surface area contributed by atoms with Gasteiger partial charge in [0.2, 0.25) is 0 Å². The zero-order chi connectivity index (χ0) is 18.7. The number of anilines is 1. The van der Waals surface area contributed by atoms with E-state index in [-0.39, 0.29) is 18.0 Å². The zero-order valence-corrected chi connectivity index (χ0v) is 15.0. The van der Waals surface area contributed by atoms with E-state index in [4.69, 9.17) is 21.3 Å². The van der Waals surface area contributed by atoms with Crippen molar-refractivity contribution in [3.8, 4) is 0 Å². The van der Waals surface area contributed by atoms with Crippen LogP contribution in [0.25, 0.3) is 0 Å². The smallest absolute Gasteiger partial charge is 0.155 e. The fraction of sp³-hybridized carbons (Fsp3) is 0.316. The van der Waals surface area contributed by atoms with E-state index in [9.17, 15) is 0 Å². The van der Waals surface area contributed by atoms with Gasteiger partial charge in [-0.05, 0) is 44.2 Å². The SMILES string of the molecule is CC1CN(/C(=N/C(=N)c2ccc(N)c(C=N)c2)c2ccc[nH]2)CC(C)O1. The van der Waals surface area contributed by atoms with Gasteiger partial charge in [0.1, 0.15) is 0 Å². The maximum absolute atomic E-state index is 8.45. The molecule has 3 rings (SSSR count). The lowest BCUT2D eigenvalue weighted by Gasteiger charge is -2.37. The van der Waals surface area contributed by atoms with Crippen molar-refractivity contribution in [1.82, 2.24) is 9.88 Å². The van der Waals surface area contributed by atoms with Gasteiger partial charge in [-0.1, -0.05) is 0 Å². The number of aliphatic imine (C=N–C) groups is 1. The maximum Gasteiger partial charge on any atom is 0.155 e. The number of nitrogens with one attached hydrogen (secondary N) is 3. The molecule has 26 heavy (non-hydrogen) atoms. The van der Waals surface area contributed by atoms with Gasteiger partial charge in [-0.15, -0.1) is 0 Å². The van der Waals surface area contributed by atoms with E-state index in [0.29, 0.717) is 29.9 Å². The molecular weight excluding hydrogens is 328 g/mol. The van der Waals surface area contributed by atoms with Gasteiger partial charge in [-0.2, -0.15) is 0 Å². The molecule has 0 aliphatic carbocycles. The lowest BCUT2D eigenvalue weighted by Crippen LogP contribution is -2.48. The number of hydrogen-bond acceptors (Lipinski definition) is 4. The summed E-state index contributed by atoms with van der Waals surface area (Å²) >= 11 is 0. The Hall–Kier alpha value is -2.93.